The number of nitrogens with one attached hydrogen (secondary N) is 4. The molecule has 0 saturated heterocycles. The van der Waals surface area contributed by atoms with E-state index >= 15 is 0 Å². The number of benzene rings is 1. The highest BCUT2D eigenvalue weighted by Crippen LogP contribution is 2.16. The lowest BCUT2D eigenvalue weighted by atomic mass is 10.2. The Kier molecular flexibility index (Phi) is 5.40. The van der Waals surface area contributed by atoms with Gasteiger partial charge in [-0.2, -0.15) is 0 Å². The molecule has 132 valence electrons. The molecule has 0 fully saturated rings. The Morgan fingerprint density at radius 1 is 1.00 bits per heavy atom. The van der Waals surface area contributed by atoms with Crippen molar-refractivity contribution in [2.24, 2.45) is 0 Å². The SMILES string of the molecule is O=C(Cc1csc(NC(=O)c2ccccc2)n1)NNC(=O)c1ccc[nH]1. The smallest absolute Gasteiger partial charge is 0.286 e. The Hall–Kier alpha value is -3.46. The molecule has 0 bridgehead atoms. The Morgan fingerprint density at radius 3 is 2.54 bits per heavy atom. The molecule has 8 nitrogen and oxygen atoms in total. The normalized spacial score (nSPS) is 10.2. The number of hydrogen-bond donors (Lipinski definition) is 4. The number of anilines is 1. The number of hydrazine groups is 1. The summed E-state index contributed by atoms with van der Waals surface area (Å²) in [6.45, 7) is 0. The first-order valence-corrected chi connectivity index (χ1v) is 8.53. The van der Waals surface area contributed by atoms with Crippen molar-refractivity contribution in [3.63, 3.8) is 0 Å². The van der Waals surface area contributed by atoms with Crippen LogP contribution in [0.1, 0.15) is 26.5 Å². The summed E-state index contributed by atoms with van der Waals surface area (Å²) in [7, 11) is 0. The third-order valence-corrected chi connectivity index (χ3v) is 4.11. The molecule has 3 rings (SSSR count). The van der Waals surface area contributed by atoms with Crippen molar-refractivity contribution in [1.29, 1.82) is 0 Å². The van der Waals surface area contributed by atoms with Crippen LogP contribution in [0.25, 0.3) is 0 Å². The summed E-state index contributed by atoms with van der Waals surface area (Å²) >= 11 is 1.22. The summed E-state index contributed by atoms with van der Waals surface area (Å²) in [4.78, 5) is 42.6. The second kappa shape index (κ2) is 8.08. The lowest BCUT2D eigenvalue weighted by molar-refractivity contribution is -0.121. The lowest BCUT2D eigenvalue weighted by Gasteiger charge is -2.05. The van der Waals surface area contributed by atoms with Crippen molar-refractivity contribution in [3.8, 4) is 0 Å². The number of thiazole rings is 1. The third kappa shape index (κ3) is 4.54. The quantitative estimate of drug-likeness (QED) is 0.513. The predicted octanol–water partition coefficient (Wildman–Crippen LogP) is 1.73. The molecule has 2 aromatic heterocycles. The van der Waals surface area contributed by atoms with Crippen molar-refractivity contribution < 1.29 is 14.4 Å². The van der Waals surface area contributed by atoms with Crippen LogP contribution in [0.4, 0.5) is 5.13 Å². The Bertz CT molecular complexity index is 906. The summed E-state index contributed by atoms with van der Waals surface area (Å²) in [6, 6.07) is 12.0. The van der Waals surface area contributed by atoms with Gasteiger partial charge in [-0.15, -0.1) is 11.3 Å². The summed E-state index contributed by atoms with van der Waals surface area (Å²) in [5.74, 6) is -1.14. The van der Waals surface area contributed by atoms with Crippen LogP contribution >= 0.6 is 11.3 Å². The van der Waals surface area contributed by atoms with E-state index in [1.165, 1.54) is 11.3 Å². The zero-order valence-electron chi connectivity index (χ0n) is 13.5. The Labute approximate surface area is 152 Å². The van der Waals surface area contributed by atoms with E-state index in [0.29, 0.717) is 22.1 Å². The molecule has 0 aliphatic carbocycles. The number of aromatic amines is 1. The van der Waals surface area contributed by atoms with E-state index in [0.717, 1.165) is 0 Å². The molecule has 3 aromatic rings. The van der Waals surface area contributed by atoms with Gasteiger partial charge in [0.05, 0.1) is 12.1 Å². The zero-order chi connectivity index (χ0) is 18.4. The standard InChI is InChI=1S/C17H15N5O3S/c23-14(21-22-16(25)13-7-4-8-18-13)9-12-10-26-17(19-12)20-15(24)11-5-2-1-3-6-11/h1-8,10,18H,9H2,(H,21,23)(H,22,25)(H,19,20,24). The second-order valence-corrected chi connectivity index (χ2v) is 6.09. The number of aromatic nitrogens is 2. The van der Waals surface area contributed by atoms with Gasteiger partial charge in [-0.25, -0.2) is 4.98 Å². The first kappa shape index (κ1) is 17.4. The van der Waals surface area contributed by atoms with E-state index in [-0.39, 0.29) is 12.3 Å². The highest BCUT2D eigenvalue weighted by atomic mass is 32.1. The van der Waals surface area contributed by atoms with Gasteiger partial charge in [0.1, 0.15) is 5.69 Å². The topological polar surface area (TPSA) is 116 Å². The van der Waals surface area contributed by atoms with E-state index in [1.807, 2.05) is 6.07 Å². The van der Waals surface area contributed by atoms with Crippen LogP contribution in [-0.2, 0) is 11.2 Å². The molecule has 0 spiro atoms. The molecule has 0 radical (unpaired) electrons. The highest BCUT2D eigenvalue weighted by Gasteiger charge is 2.12. The molecule has 26 heavy (non-hydrogen) atoms. The fourth-order valence-corrected chi connectivity index (χ4v) is 2.78. The van der Waals surface area contributed by atoms with Crippen molar-refractivity contribution in [2.75, 3.05) is 5.32 Å². The number of amides is 3. The Balaban J connectivity index is 1.49. The lowest BCUT2D eigenvalue weighted by Crippen LogP contribution is -2.42. The molecular formula is C17H15N5O3S. The first-order valence-electron chi connectivity index (χ1n) is 7.65. The van der Waals surface area contributed by atoms with Crippen LogP contribution in [0, 0.1) is 0 Å². The van der Waals surface area contributed by atoms with Crippen molar-refractivity contribution in [2.45, 2.75) is 6.42 Å². The van der Waals surface area contributed by atoms with Gasteiger partial charge in [-0.3, -0.25) is 30.6 Å². The van der Waals surface area contributed by atoms with E-state index in [2.05, 4.69) is 26.1 Å². The van der Waals surface area contributed by atoms with Gasteiger partial charge >= 0.3 is 0 Å². The van der Waals surface area contributed by atoms with Gasteiger partial charge in [0.2, 0.25) is 5.91 Å². The van der Waals surface area contributed by atoms with Crippen molar-refractivity contribution >= 4 is 34.2 Å². The van der Waals surface area contributed by atoms with Crippen LogP contribution in [0.3, 0.4) is 0 Å². The Morgan fingerprint density at radius 2 is 1.81 bits per heavy atom. The molecule has 4 N–H and O–H groups in total. The summed E-state index contributed by atoms with van der Waals surface area (Å²) in [6.07, 6.45) is 1.58. The van der Waals surface area contributed by atoms with Gasteiger partial charge < -0.3 is 4.98 Å². The van der Waals surface area contributed by atoms with Crippen LogP contribution in [0.2, 0.25) is 0 Å². The average molecular weight is 369 g/mol. The van der Waals surface area contributed by atoms with E-state index in [1.54, 1.807) is 48.0 Å². The van der Waals surface area contributed by atoms with Gasteiger partial charge in [-0.05, 0) is 24.3 Å². The van der Waals surface area contributed by atoms with Crippen LogP contribution in [0.5, 0.6) is 0 Å². The average Bonchev–Trinajstić information content (AvgIpc) is 3.33. The van der Waals surface area contributed by atoms with Gasteiger partial charge in [0, 0.05) is 17.1 Å². The molecule has 0 aliphatic heterocycles. The van der Waals surface area contributed by atoms with Crippen LogP contribution in [0.15, 0.2) is 54.0 Å². The molecule has 9 heteroatoms. The molecule has 0 saturated carbocycles. The van der Waals surface area contributed by atoms with E-state index < -0.39 is 11.8 Å². The minimum Gasteiger partial charge on any atom is -0.357 e. The molecule has 0 unspecified atom stereocenters. The maximum absolute atomic E-state index is 12.1. The van der Waals surface area contributed by atoms with Crippen LogP contribution < -0.4 is 16.2 Å². The van der Waals surface area contributed by atoms with Gasteiger partial charge in [-0.1, -0.05) is 18.2 Å². The second-order valence-electron chi connectivity index (χ2n) is 5.23. The molecular weight excluding hydrogens is 354 g/mol. The van der Waals surface area contributed by atoms with E-state index in [4.69, 9.17) is 0 Å². The molecule has 0 atom stereocenters. The zero-order valence-corrected chi connectivity index (χ0v) is 14.3. The molecule has 0 aliphatic rings. The highest BCUT2D eigenvalue weighted by molar-refractivity contribution is 7.14. The number of nitrogens with zero attached hydrogens (tertiary/aromatic N) is 1. The predicted molar refractivity (Wildman–Crippen MR) is 96.6 cm³/mol. The monoisotopic (exact) mass is 369 g/mol. The largest absolute Gasteiger partial charge is 0.357 e. The number of carbonyl (C=O) groups is 3. The number of hydrogen-bond acceptors (Lipinski definition) is 5. The summed E-state index contributed by atoms with van der Waals surface area (Å²) in [5.41, 5.74) is 5.97. The number of H-pyrrole nitrogens is 1. The first-order chi connectivity index (χ1) is 12.6. The summed E-state index contributed by atoms with van der Waals surface area (Å²) < 4.78 is 0. The number of rotatable bonds is 5. The van der Waals surface area contributed by atoms with E-state index in [9.17, 15) is 14.4 Å². The fourth-order valence-electron chi connectivity index (χ4n) is 2.08. The van der Waals surface area contributed by atoms with Crippen molar-refractivity contribution in [1.82, 2.24) is 20.8 Å². The maximum atomic E-state index is 12.1. The van der Waals surface area contributed by atoms with Crippen molar-refractivity contribution in [3.05, 3.63) is 71.0 Å². The molecule has 3 amide bonds. The fraction of sp³-hybridized carbons (Fsp3) is 0.0588. The summed E-state index contributed by atoms with van der Waals surface area (Å²) in [5, 5.41) is 4.76. The molecule has 2 heterocycles. The minimum atomic E-state index is -0.447. The van der Waals surface area contributed by atoms with Gasteiger partial charge in [0.25, 0.3) is 11.8 Å². The van der Waals surface area contributed by atoms with Crippen LogP contribution in [-0.4, -0.2) is 27.7 Å². The third-order valence-electron chi connectivity index (χ3n) is 3.31. The van der Waals surface area contributed by atoms with Gasteiger partial charge in [0.15, 0.2) is 5.13 Å². The maximum Gasteiger partial charge on any atom is 0.286 e. The molecule has 1 aromatic carbocycles. The number of carbonyl (C=O) groups excluding carboxylic acids is 3. The minimum absolute atomic E-state index is 0.0251.